The topological polar surface area (TPSA) is 14.7 Å². The van der Waals surface area contributed by atoms with Gasteiger partial charge in [-0.15, -0.1) is 0 Å². The van der Waals surface area contributed by atoms with Gasteiger partial charge in [-0.25, -0.2) is 0 Å². The van der Waals surface area contributed by atoms with Crippen molar-refractivity contribution in [2.75, 3.05) is 14.7 Å². The van der Waals surface area contributed by atoms with Crippen molar-refractivity contribution < 1.29 is 0 Å². The molecule has 12 aromatic rings. The highest BCUT2D eigenvalue weighted by molar-refractivity contribution is 6.16. The predicted octanol–water partition coefficient (Wildman–Crippen LogP) is 18.5. The molecule has 0 amide bonds. The molecule has 332 valence electrons. The van der Waals surface area contributed by atoms with E-state index in [1.807, 2.05) is 0 Å². The van der Waals surface area contributed by atoms with E-state index in [1.54, 1.807) is 0 Å². The lowest BCUT2D eigenvalue weighted by Crippen LogP contribution is -2.14. The smallest absolute Gasteiger partial charge is 0.0562 e. The van der Waals surface area contributed by atoms with Crippen LogP contribution in [0.5, 0.6) is 0 Å². The molecule has 0 aliphatic heterocycles. The van der Waals surface area contributed by atoms with E-state index in [9.17, 15) is 0 Å². The molecular formula is C66H48N4. The Bertz CT molecular complexity index is 3660. The number of aromatic nitrogens is 1. The summed E-state index contributed by atoms with van der Waals surface area (Å²) in [5, 5.41) is 2.36. The van der Waals surface area contributed by atoms with Crippen LogP contribution >= 0.6 is 0 Å². The molecular weight excluding hydrogens is 849 g/mol. The largest absolute Gasteiger partial charge is 0.310 e. The van der Waals surface area contributed by atoms with Crippen LogP contribution in [-0.2, 0) is 0 Å². The molecule has 0 fully saturated rings. The van der Waals surface area contributed by atoms with Crippen molar-refractivity contribution in [1.82, 2.24) is 4.57 Å². The van der Waals surface area contributed by atoms with E-state index < -0.39 is 0 Å². The lowest BCUT2D eigenvalue weighted by Gasteiger charge is -2.31. The Morgan fingerprint density at radius 3 is 1.14 bits per heavy atom. The van der Waals surface area contributed by atoms with Gasteiger partial charge >= 0.3 is 0 Å². The van der Waals surface area contributed by atoms with Crippen LogP contribution in [-0.4, -0.2) is 4.57 Å². The van der Waals surface area contributed by atoms with Crippen molar-refractivity contribution in [2.24, 2.45) is 0 Å². The molecule has 0 aliphatic carbocycles. The number of benzene rings is 11. The van der Waals surface area contributed by atoms with Crippen LogP contribution in [0.3, 0.4) is 0 Å². The first-order valence-electron chi connectivity index (χ1n) is 23.8. The highest BCUT2D eigenvalue weighted by atomic mass is 15.2. The minimum Gasteiger partial charge on any atom is -0.310 e. The number of fused-ring (bicyclic) bond motifs is 3. The summed E-state index contributed by atoms with van der Waals surface area (Å²) in [5.41, 5.74) is 17.7. The lowest BCUT2D eigenvalue weighted by atomic mass is 9.94. The predicted molar refractivity (Wildman–Crippen MR) is 296 cm³/mol. The Morgan fingerprint density at radius 1 is 0.243 bits per heavy atom. The summed E-state index contributed by atoms with van der Waals surface area (Å²) in [7, 11) is 0. The molecule has 4 nitrogen and oxygen atoms in total. The first-order chi connectivity index (χ1) is 34.8. The van der Waals surface area contributed by atoms with Crippen LogP contribution in [0.25, 0.3) is 49.7 Å². The minimum absolute atomic E-state index is 1.03. The second-order valence-corrected chi connectivity index (χ2v) is 17.4. The van der Waals surface area contributed by atoms with Crippen molar-refractivity contribution in [3.63, 3.8) is 0 Å². The van der Waals surface area contributed by atoms with Crippen LogP contribution in [0, 0.1) is 0 Å². The molecule has 0 bridgehead atoms. The number of rotatable bonds is 12. The molecule has 1 heterocycles. The molecule has 12 rings (SSSR count). The van der Waals surface area contributed by atoms with Crippen molar-refractivity contribution in [3.05, 3.63) is 291 Å². The number of hydrogen-bond acceptors (Lipinski definition) is 3. The average Bonchev–Trinajstić information content (AvgIpc) is 3.78. The second-order valence-electron chi connectivity index (χ2n) is 17.4. The molecule has 70 heavy (non-hydrogen) atoms. The molecule has 11 aromatic carbocycles. The van der Waals surface area contributed by atoms with Gasteiger partial charge < -0.3 is 19.3 Å². The highest BCUT2D eigenvalue weighted by Gasteiger charge is 2.24. The van der Waals surface area contributed by atoms with Gasteiger partial charge in [-0.05, 0) is 138 Å². The first-order valence-corrected chi connectivity index (χ1v) is 23.8. The van der Waals surface area contributed by atoms with E-state index in [2.05, 4.69) is 310 Å². The fourth-order valence-corrected chi connectivity index (χ4v) is 10.0. The zero-order valence-corrected chi connectivity index (χ0v) is 38.5. The Morgan fingerprint density at radius 2 is 0.614 bits per heavy atom. The third-order valence-corrected chi connectivity index (χ3v) is 13.1. The highest BCUT2D eigenvalue weighted by Crippen LogP contribution is 2.47. The van der Waals surface area contributed by atoms with Crippen LogP contribution < -0.4 is 14.7 Å². The normalized spacial score (nSPS) is 11.1. The van der Waals surface area contributed by atoms with Crippen molar-refractivity contribution in [1.29, 1.82) is 0 Å². The maximum atomic E-state index is 2.44. The van der Waals surface area contributed by atoms with Gasteiger partial charge in [0.15, 0.2) is 0 Å². The molecule has 0 saturated carbocycles. The molecule has 0 unspecified atom stereocenters. The van der Waals surface area contributed by atoms with Crippen molar-refractivity contribution in [3.8, 4) is 27.9 Å². The Kier molecular flexibility index (Phi) is 11.2. The maximum Gasteiger partial charge on any atom is 0.0562 e. The fraction of sp³-hybridized carbons (Fsp3) is 0. The van der Waals surface area contributed by atoms with Gasteiger partial charge in [-0.3, -0.25) is 0 Å². The first kappa shape index (κ1) is 42.0. The van der Waals surface area contributed by atoms with E-state index in [0.717, 1.165) is 67.9 Å². The summed E-state index contributed by atoms with van der Waals surface area (Å²) >= 11 is 0. The Hall–Kier alpha value is -9.38. The molecule has 1 aromatic heterocycles. The molecule has 0 aliphatic rings. The van der Waals surface area contributed by atoms with Crippen LogP contribution in [0.2, 0.25) is 0 Å². The van der Waals surface area contributed by atoms with Crippen LogP contribution in [0.15, 0.2) is 291 Å². The lowest BCUT2D eigenvalue weighted by molar-refractivity contribution is 1.18. The van der Waals surface area contributed by atoms with Gasteiger partial charge in [0.1, 0.15) is 0 Å². The number of anilines is 9. The van der Waals surface area contributed by atoms with Crippen LogP contribution in [0.1, 0.15) is 0 Å². The maximum absolute atomic E-state index is 2.44. The summed E-state index contributed by atoms with van der Waals surface area (Å²) < 4.78 is 2.39. The molecule has 0 radical (unpaired) electrons. The minimum atomic E-state index is 1.03. The third kappa shape index (κ3) is 7.93. The van der Waals surface area contributed by atoms with E-state index in [1.165, 1.54) is 33.0 Å². The third-order valence-electron chi connectivity index (χ3n) is 13.1. The van der Waals surface area contributed by atoms with Crippen LogP contribution in [0.4, 0.5) is 51.2 Å². The Labute approximate surface area is 409 Å². The number of hydrogen-bond donors (Lipinski definition) is 0. The van der Waals surface area contributed by atoms with Gasteiger partial charge in [-0.1, -0.05) is 176 Å². The van der Waals surface area contributed by atoms with E-state index in [4.69, 9.17) is 0 Å². The van der Waals surface area contributed by atoms with Gasteiger partial charge in [0.25, 0.3) is 0 Å². The molecule has 0 atom stereocenters. The molecule has 0 saturated heterocycles. The number of nitrogens with zero attached hydrogens (tertiary/aromatic N) is 4. The van der Waals surface area contributed by atoms with E-state index in [-0.39, 0.29) is 0 Å². The Balaban J connectivity index is 1.05. The zero-order valence-electron chi connectivity index (χ0n) is 38.5. The van der Waals surface area contributed by atoms with Crippen molar-refractivity contribution in [2.45, 2.75) is 0 Å². The molecule has 0 spiro atoms. The summed E-state index contributed by atoms with van der Waals surface area (Å²) in [6, 6.07) is 104. The zero-order chi connectivity index (χ0) is 46.6. The van der Waals surface area contributed by atoms with E-state index >= 15 is 0 Å². The molecule has 4 heteroatoms. The van der Waals surface area contributed by atoms with Gasteiger partial charge in [0, 0.05) is 62.0 Å². The van der Waals surface area contributed by atoms with Gasteiger partial charge in [0.2, 0.25) is 0 Å². The van der Waals surface area contributed by atoms with Gasteiger partial charge in [-0.2, -0.15) is 0 Å². The van der Waals surface area contributed by atoms with E-state index in [0.29, 0.717) is 0 Å². The van der Waals surface area contributed by atoms with Gasteiger partial charge in [0.05, 0.1) is 16.7 Å². The SMILES string of the molecule is c1ccc(-c2ccccc2-c2ccc(N(c3ccccc3)c3cccc(N(c4cccc(N(c5ccccc5)c5ccccc5)c4)c4cccc5c4c4ccccc4n5-c4ccccc4)c3)cc2)cc1. The number of para-hydroxylation sites is 5. The quantitative estimate of drug-likeness (QED) is 0.121. The van der Waals surface area contributed by atoms with Crippen molar-refractivity contribution >= 4 is 73.0 Å². The standard InChI is InChI=1S/C66H48N4/c1-6-23-49(24-7-1)60-37-16-17-38-61(60)50-43-45-55(46-44-50)68(53-29-12-4-13-30-53)57-34-21-36-59(48-57)69(58-35-20-33-56(47-58)67(51-25-8-2-9-26-51)52-27-10-3-11-28-52)64-41-22-42-65-66(64)62-39-18-19-40-63(62)70(65)54-31-14-5-15-32-54/h1-48H. The fourth-order valence-electron chi connectivity index (χ4n) is 10.0. The summed E-state index contributed by atoms with van der Waals surface area (Å²) in [6.07, 6.45) is 0. The average molecular weight is 897 g/mol. The monoisotopic (exact) mass is 896 g/mol. The summed E-state index contributed by atoms with van der Waals surface area (Å²) in [5.74, 6) is 0. The summed E-state index contributed by atoms with van der Waals surface area (Å²) in [6.45, 7) is 0. The second kappa shape index (κ2) is 18.7. The summed E-state index contributed by atoms with van der Waals surface area (Å²) in [4.78, 5) is 7.14. The molecule has 0 N–H and O–H groups in total.